The molecule has 3 fully saturated rings. The molecular weight excluding hydrogens is 1540 g/mol. The number of hydrogen-bond acceptors (Lipinski definition) is 22. The van der Waals surface area contributed by atoms with E-state index in [1.165, 1.54) is 41.2 Å². The first-order chi connectivity index (χ1) is 56.6. The topological polar surface area (TPSA) is 341 Å². The highest BCUT2D eigenvalue weighted by Gasteiger charge is 2.64. The third-order valence-corrected chi connectivity index (χ3v) is 24.8. The van der Waals surface area contributed by atoms with E-state index in [2.05, 4.69) is 79.0 Å². The number of phenolic OH excluding ortho intramolecular Hbond substituents is 2. The number of aliphatic hydroxyl groups excluding tert-OH is 2. The number of fused-ring (bicyclic) bond motifs is 3. The van der Waals surface area contributed by atoms with Crippen molar-refractivity contribution in [1.29, 1.82) is 0 Å². The molecule has 120 heavy (non-hydrogen) atoms. The summed E-state index contributed by atoms with van der Waals surface area (Å²) in [6.45, 7) is 48.5. The fourth-order valence-corrected chi connectivity index (χ4v) is 18.9. The van der Waals surface area contributed by atoms with Gasteiger partial charge in [0.05, 0.1) is 59.3 Å². The average Bonchev–Trinajstić information content (AvgIpc) is 1.56. The Hall–Kier alpha value is -10.3. The molecule has 2 heterocycles. The van der Waals surface area contributed by atoms with Crippen LogP contribution in [0.4, 0.5) is 14.4 Å². The number of unbranched alkanes of at least 4 members (excludes halogenated alkanes) is 4. The number of ketones is 2. The van der Waals surface area contributed by atoms with E-state index in [-0.39, 0.29) is 158 Å². The van der Waals surface area contributed by atoms with Crippen LogP contribution in [0.2, 0.25) is 0 Å². The minimum atomic E-state index is -1.23. The molecule has 2 unspecified atom stereocenters. The van der Waals surface area contributed by atoms with Crippen molar-refractivity contribution in [2.24, 2.45) is 71.0 Å². The lowest BCUT2D eigenvalue weighted by molar-refractivity contribution is -0.165. The Balaban J connectivity index is 0.000000259. The second-order valence-corrected chi connectivity index (χ2v) is 33.0. The first-order valence-corrected chi connectivity index (χ1v) is 41.7. The van der Waals surface area contributed by atoms with E-state index in [1.807, 2.05) is 40.7 Å². The van der Waals surface area contributed by atoms with E-state index in [0.717, 1.165) is 92.9 Å². The van der Waals surface area contributed by atoms with Gasteiger partial charge in [-0.2, -0.15) is 0 Å². The van der Waals surface area contributed by atoms with Gasteiger partial charge >= 0.3 is 36.4 Å². The Morgan fingerprint density at radius 1 is 0.575 bits per heavy atom. The minimum absolute atomic E-state index is 0. The maximum Gasteiger partial charge on any atom is 0.514 e. The third kappa shape index (κ3) is 21.7. The van der Waals surface area contributed by atoms with Gasteiger partial charge in [0, 0.05) is 41.2 Å². The molecule has 5 N–H and O–H groups in total. The van der Waals surface area contributed by atoms with E-state index in [1.54, 1.807) is 45.0 Å². The van der Waals surface area contributed by atoms with Gasteiger partial charge in [-0.25, -0.2) is 28.8 Å². The standard InChI is InChI=1S/C43H56O8.C34H44O8.C18H23NO7.CH4/c1-10-13-15-17-30-22-34(44)38(32-21-26(6)18-19-31(32)25(4)5)35(23-30)51-43(47)49-24-33-28(8)36-37(29(9)50-27(7)16-14-11-2)41(45)40(36)39(33)42(46)48-20-12-3;1-7-8-9-10-21-14-25(36)29(23-13-18(4)11-12-22(23)17(2)3)26(15-21)42-34(40)41-16-24-19(5)27-28(20(6)35)32(37)31(27)30(24)33(38)39;1-5-7-24-17(22)15-12(9-20)10(3)14-13(16(21)19(14)15)11(4)26-18(23)25-8-6-2;/h11-12,21-23,28-29,31-32,36-37,40,44H,2-4,7,10,13-20,24H2,1,5-6,8-9H3;13-15,19-20,22-23,27-28,31,35-36H,2,7-12,16H2,1,3-6H3,(H,38,39);5-6,10-11,13-14,20H,1-2,7-9H2,3-4H3;1H4/t28-,29+,31-,32+,36+,37+,40?;19-,20+,22-,23+,27+,28+,31?;10-,11+,13+,14+;/m000./s1. The fraction of sp³-hybridized carbons (Fsp3) is 0.531. The van der Waals surface area contributed by atoms with Gasteiger partial charge in [0.2, 0.25) is 5.91 Å². The van der Waals surface area contributed by atoms with Crippen LogP contribution in [0.1, 0.15) is 202 Å². The molecule has 0 spiro atoms. The van der Waals surface area contributed by atoms with Crippen molar-refractivity contribution in [3.63, 3.8) is 0 Å². The van der Waals surface area contributed by atoms with Gasteiger partial charge < -0.3 is 73.1 Å². The number of Topliss-reactive ketones (excluding diaryl/α,β-unsaturated/α-hetero) is 2. The predicted octanol–water partition coefficient (Wildman–Crippen LogP) is 17.9. The Morgan fingerprint density at radius 2 is 1.02 bits per heavy atom. The van der Waals surface area contributed by atoms with E-state index in [4.69, 9.17) is 42.6 Å². The summed E-state index contributed by atoms with van der Waals surface area (Å²) in [5, 5.41) is 52.3. The van der Waals surface area contributed by atoms with Crippen molar-refractivity contribution < 1.29 is 111 Å². The molecular formula is C96H127NO23. The summed E-state index contributed by atoms with van der Waals surface area (Å²) in [5.74, 6) is -7.24. The number of allylic oxidation sites excluding steroid dienone is 8. The Labute approximate surface area is 707 Å². The van der Waals surface area contributed by atoms with Crippen LogP contribution in [0, 0.1) is 71.0 Å². The first kappa shape index (κ1) is 96.8. The zero-order valence-electron chi connectivity index (χ0n) is 71.3. The van der Waals surface area contributed by atoms with Crippen LogP contribution in [0.15, 0.2) is 168 Å². The van der Waals surface area contributed by atoms with Crippen LogP contribution in [0.3, 0.4) is 0 Å². The number of rotatable bonds is 37. The molecule has 1 amide bonds. The number of carbonyl (C=O) groups is 9. The van der Waals surface area contributed by atoms with Gasteiger partial charge in [-0.05, 0) is 194 Å². The molecule has 24 heteroatoms. The van der Waals surface area contributed by atoms with Crippen LogP contribution < -0.4 is 9.47 Å². The molecule has 1 saturated heterocycles. The van der Waals surface area contributed by atoms with Crippen LogP contribution in [-0.2, 0) is 74.8 Å². The number of aryl methyl sites for hydroxylation is 2. The molecule has 2 aromatic rings. The summed E-state index contributed by atoms with van der Waals surface area (Å²) >= 11 is 0. The van der Waals surface area contributed by atoms with Crippen molar-refractivity contribution in [3.8, 4) is 23.0 Å². The molecule has 18 atom stereocenters. The number of aliphatic carboxylic acids is 1. The number of nitrogens with zero attached hydrogens (tertiary/aromatic N) is 1. The molecule has 2 aromatic carbocycles. The molecule has 0 aromatic heterocycles. The number of ether oxygens (including phenoxy) is 9. The second-order valence-electron chi connectivity index (χ2n) is 33.0. The number of esters is 2. The van der Waals surface area contributed by atoms with Crippen molar-refractivity contribution >= 4 is 53.8 Å². The number of β-lactam (4-membered cyclic amide) rings is 1. The largest absolute Gasteiger partial charge is 0.514 e. The number of hydrogen-bond donors (Lipinski definition) is 5. The summed E-state index contributed by atoms with van der Waals surface area (Å²) in [7, 11) is 0. The van der Waals surface area contributed by atoms with Crippen LogP contribution in [-0.4, -0.2) is 148 Å². The number of carboxylic acid groups (broad SMARTS) is 1. The van der Waals surface area contributed by atoms with Gasteiger partial charge in [0.15, 0.2) is 0 Å². The number of amides is 1. The lowest BCUT2D eigenvalue weighted by atomic mass is 9.59. The SMILES string of the molecule is C.C=C(C)[C@@H]1CCC(C)=C[C@H]1c1c(O)cc(CCCCC)cc1OC(=O)OCC1=C(C(=O)O)C2C(=O)[C@H]([C@@H](C)O)[C@H]2[C@H]1C.C=CCCC(=C)O[C@H](C)[C@H]1C(=O)C2C(C(=O)OCC=C)=C(COC(=O)Oc3cc(CCCCC)cc(O)c3[C@@H]3C=C(C)CC[C@H]3C(=C)C)[C@H](C)[C@@H]21.C=CCOC(=O)O[C@H](C)[C@H]1C(=O)N2C(C(=O)OCC=C)=C(CO)[C@H](C)[C@H]12. The van der Waals surface area contributed by atoms with Crippen LogP contribution in [0.5, 0.6) is 23.0 Å². The molecule has 0 bridgehead atoms. The van der Waals surface area contributed by atoms with E-state index >= 15 is 0 Å². The smallest absolute Gasteiger partial charge is 0.507 e. The number of benzene rings is 2. The van der Waals surface area contributed by atoms with Gasteiger partial charge in [-0.3, -0.25) is 14.4 Å². The molecule has 2 aliphatic heterocycles. The highest BCUT2D eigenvalue weighted by molar-refractivity contribution is 6.06. The highest BCUT2D eigenvalue weighted by atomic mass is 16.7. The number of phenols is 2. The summed E-state index contributed by atoms with van der Waals surface area (Å²) in [4.78, 5) is 116. The Kier molecular flexibility index (Phi) is 35.3. The Morgan fingerprint density at radius 3 is 1.48 bits per heavy atom. The molecule has 0 radical (unpaired) electrons. The van der Waals surface area contributed by atoms with Crippen molar-refractivity contribution in [2.45, 2.75) is 217 Å². The van der Waals surface area contributed by atoms with E-state index in [0.29, 0.717) is 52.9 Å². The average molecular weight is 1660 g/mol. The third-order valence-electron chi connectivity index (χ3n) is 24.8. The van der Waals surface area contributed by atoms with Gasteiger partial charge in [-0.1, -0.05) is 166 Å². The molecule has 2 saturated carbocycles. The monoisotopic (exact) mass is 1660 g/mol. The molecule has 8 aliphatic rings. The summed E-state index contributed by atoms with van der Waals surface area (Å²) in [6.07, 6.45) is 17.7. The van der Waals surface area contributed by atoms with Crippen LogP contribution >= 0.6 is 0 Å². The lowest BCUT2D eigenvalue weighted by Gasteiger charge is -2.47. The summed E-state index contributed by atoms with van der Waals surface area (Å²) < 4.78 is 49.3. The molecule has 10 rings (SSSR count). The summed E-state index contributed by atoms with van der Waals surface area (Å²) in [5.41, 5.74) is 8.62. The van der Waals surface area contributed by atoms with Crippen molar-refractivity contribution in [3.05, 3.63) is 191 Å². The van der Waals surface area contributed by atoms with E-state index in [9.17, 15) is 68.7 Å². The van der Waals surface area contributed by atoms with Gasteiger partial charge in [0.1, 0.15) is 85.5 Å². The molecule has 6 aliphatic carbocycles. The highest BCUT2D eigenvalue weighted by Crippen LogP contribution is 2.59. The lowest BCUT2D eigenvalue weighted by Crippen LogP contribution is -2.64. The van der Waals surface area contributed by atoms with Gasteiger partial charge in [-0.15, -0.1) is 6.58 Å². The molecule has 24 nitrogen and oxygen atoms in total. The van der Waals surface area contributed by atoms with Crippen molar-refractivity contribution in [1.82, 2.24) is 4.90 Å². The maximum atomic E-state index is 13.6. The minimum Gasteiger partial charge on any atom is -0.507 e. The van der Waals surface area contributed by atoms with Crippen molar-refractivity contribution in [2.75, 3.05) is 39.6 Å². The zero-order chi connectivity index (χ0) is 87.7. The number of carbonyl (C=O) groups excluding carboxylic acids is 8. The zero-order valence-corrected chi connectivity index (χ0v) is 71.3. The van der Waals surface area contributed by atoms with Gasteiger partial charge in [0.25, 0.3) is 0 Å². The number of aliphatic hydroxyl groups is 2. The molecule has 654 valence electrons. The predicted molar refractivity (Wildman–Crippen MR) is 455 cm³/mol. The second kappa shape index (κ2) is 43.8. The fourth-order valence-electron chi connectivity index (χ4n) is 18.9. The summed E-state index contributed by atoms with van der Waals surface area (Å²) in [6, 6.07) is 6.73. The Bertz CT molecular complexity index is 4410. The normalized spacial score (nSPS) is 25.5. The number of aromatic hydroxyl groups is 2. The first-order valence-electron chi connectivity index (χ1n) is 41.7. The number of carboxylic acids is 1. The quantitative estimate of drug-likeness (QED) is 0.00798. The maximum absolute atomic E-state index is 13.6. The van der Waals surface area contributed by atoms with Crippen LogP contribution in [0.25, 0.3) is 0 Å². The van der Waals surface area contributed by atoms with E-state index < -0.39 is 90.3 Å².